The van der Waals surface area contributed by atoms with Gasteiger partial charge in [-0.2, -0.15) is 5.10 Å². The number of aromatic nitrogens is 4. The van der Waals surface area contributed by atoms with Crippen molar-refractivity contribution in [2.24, 2.45) is 0 Å². The Morgan fingerprint density at radius 1 is 1.56 bits per heavy atom. The van der Waals surface area contributed by atoms with Crippen LogP contribution in [0, 0.1) is 0 Å². The van der Waals surface area contributed by atoms with Gasteiger partial charge in [-0.05, 0) is 6.92 Å². The molecule has 0 fully saturated rings. The zero-order valence-corrected chi connectivity index (χ0v) is 9.30. The summed E-state index contributed by atoms with van der Waals surface area (Å²) in [5, 5.41) is 7.40. The summed E-state index contributed by atoms with van der Waals surface area (Å²) in [6, 6.07) is 0. The van der Waals surface area contributed by atoms with Crippen molar-refractivity contribution in [3.63, 3.8) is 0 Å². The molecule has 0 unspecified atom stereocenters. The molecule has 5 heteroatoms. The molecule has 0 aliphatic carbocycles. The second kappa shape index (κ2) is 4.65. The van der Waals surface area contributed by atoms with Gasteiger partial charge in [0.05, 0.1) is 11.9 Å². The van der Waals surface area contributed by atoms with Crippen LogP contribution in [0.2, 0.25) is 0 Å². The Balaban J connectivity index is 2.13. The van der Waals surface area contributed by atoms with Crippen LogP contribution < -0.4 is 5.32 Å². The van der Waals surface area contributed by atoms with E-state index in [9.17, 15) is 0 Å². The molecule has 0 aliphatic heterocycles. The molecule has 0 saturated carbocycles. The van der Waals surface area contributed by atoms with Crippen LogP contribution >= 0.6 is 0 Å². The summed E-state index contributed by atoms with van der Waals surface area (Å²) in [5.74, 6) is 0.801. The molecule has 16 heavy (non-hydrogen) atoms. The van der Waals surface area contributed by atoms with Gasteiger partial charge in [-0.3, -0.25) is 4.68 Å². The average Bonchev–Trinajstić information content (AvgIpc) is 2.90. The SMILES string of the molecule is C=CCn1ccnc1Nc1cnn(CC)c1. The lowest BCUT2D eigenvalue weighted by Gasteiger charge is -2.05. The van der Waals surface area contributed by atoms with Crippen LogP contribution in [0.1, 0.15) is 6.92 Å². The molecule has 0 radical (unpaired) electrons. The first-order valence-electron chi connectivity index (χ1n) is 5.25. The lowest BCUT2D eigenvalue weighted by Crippen LogP contribution is -2.01. The number of anilines is 2. The van der Waals surface area contributed by atoms with Crippen LogP contribution in [-0.4, -0.2) is 19.3 Å². The quantitative estimate of drug-likeness (QED) is 0.779. The van der Waals surface area contributed by atoms with Crippen LogP contribution in [0.15, 0.2) is 37.4 Å². The predicted octanol–water partition coefficient (Wildman–Crippen LogP) is 2.03. The van der Waals surface area contributed by atoms with Gasteiger partial charge >= 0.3 is 0 Å². The molecule has 0 aromatic carbocycles. The van der Waals surface area contributed by atoms with Gasteiger partial charge in [0.15, 0.2) is 0 Å². The lowest BCUT2D eigenvalue weighted by molar-refractivity contribution is 0.660. The van der Waals surface area contributed by atoms with Crippen molar-refractivity contribution < 1.29 is 0 Å². The van der Waals surface area contributed by atoms with Crippen LogP contribution in [0.25, 0.3) is 0 Å². The van der Waals surface area contributed by atoms with Crippen molar-refractivity contribution in [1.82, 2.24) is 19.3 Å². The minimum absolute atomic E-state index is 0.740. The molecule has 2 aromatic heterocycles. The van der Waals surface area contributed by atoms with E-state index >= 15 is 0 Å². The maximum Gasteiger partial charge on any atom is 0.207 e. The Bertz CT molecular complexity index is 468. The highest BCUT2D eigenvalue weighted by atomic mass is 15.3. The molecule has 5 nitrogen and oxygen atoms in total. The van der Waals surface area contributed by atoms with Crippen LogP contribution in [-0.2, 0) is 13.1 Å². The second-order valence-electron chi connectivity index (χ2n) is 3.40. The first kappa shape index (κ1) is 10.5. The summed E-state index contributed by atoms with van der Waals surface area (Å²) in [4.78, 5) is 4.23. The van der Waals surface area contributed by atoms with E-state index in [2.05, 4.69) is 28.9 Å². The van der Waals surface area contributed by atoms with Gasteiger partial charge in [0, 0.05) is 31.7 Å². The Labute approximate surface area is 94.4 Å². The van der Waals surface area contributed by atoms with Crippen molar-refractivity contribution in [1.29, 1.82) is 0 Å². The maximum atomic E-state index is 4.23. The van der Waals surface area contributed by atoms with Gasteiger partial charge in [-0.15, -0.1) is 6.58 Å². The number of imidazole rings is 1. The van der Waals surface area contributed by atoms with Gasteiger partial charge < -0.3 is 9.88 Å². The van der Waals surface area contributed by atoms with E-state index in [4.69, 9.17) is 0 Å². The molecule has 0 amide bonds. The van der Waals surface area contributed by atoms with Crippen molar-refractivity contribution in [3.8, 4) is 0 Å². The van der Waals surface area contributed by atoms with Crippen molar-refractivity contribution in [2.75, 3.05) is 5.32 Å². The number of hydrogen-bond acceptors (Lipinski definition) is 3. The van der Waals surface area contributed by atoms with Gasteiger partial charge in [0.1, 0.15) is 0 Å². The average molecular weight is 217 g/mol. The van der Waals surface area contributed by atoms with Gasteiger partial charge in [-0.1, -0.05) is 6.08 Å². The summed E-state index contributed by atoms with van der Waals surface area (Å²) >= 11 is 0. The number of allylic oxidation sites excluding steroid dienone is 1. The second-order valence-corrected chi connectivity index (χ2v) is 3.40. The Hall–Kier alpha value is -2.04. The largest absolute Gasteiger partial charge is 0.323 e. The highest BCUT2D eigenvalue weighted by Crippen LogP contribution is 2.13. The molecule has 0 bridgehead atoms. The van der Waals surface area contributed by atoms with Crippen LogP contribution in [0.3, 0.4) is 0 Å². The molecule has 0 aliphatic rings. The summed E-state index contributed by atoms with van der Waals surface area (Å²) < 4.78 is 3.85. The van der Waals surface area contributed by atoms with Crippen molar-refractivity contribution >= 4 is 11.6 Å². The minimum Gasteiger partial charge on any atom is -0.323 e. The van der Waals surface area contributed by atoms with Crippen LogP contribution in [0.5, 0.6) is 0 Å². The van der Waals surface area contributed by atoms with Crippen molar-refractivity contribution in [2.45, 2.75) is 20.0 Å². The Morgan fingerprint density at radius 3 is 3.12 bits per heavy atom. The van der Waals surface area contributed by atoms with E-state index in [0.29, 0.717) is 0 Å². The maximum absolute atomic E-state index is 4.23. The molecule has 84 valence electrons. The predicted molar refractivity (Wildman–Crippen MR) is 63.6 cm³/mol. The first-order chi connectivity index (χ1) is 7.83. The molecular formula is C11H15N5. The normalized spacial score (nSPS) is 10.3. The molecule has 0 saturated heterocycles. The molecule has 2 aromatic rings. The fourth-order valence-corrected chi connectivity index (χ4v) is 1.45. The van der Waals surface area contributed by atoms with E-state index in [-0.39, 0.29) is 0 Å². The van der Waals surface area contributed by atoms with E-state index in [1.54, 1.807) is 12.4 Å². The van der Waals surface area contributed by atoms with E-state index in [0.717, 1.165) is 24.7 Å². The Kier molecular flexibility index (Phi) is 3.05. The lowest BCUT2D eigenvalue weighted by atomic mass is 10.5. The third-order valence-corrected chi connectivity index (χ3v) is 2.25. The molecule has 1 N–H and O–H groups in total. The molecule has 2 heterocycles. The standard InChI is InChI=1S/C11H15N5/c1-3-6-15-7-5-12-11(15)14-10-8-13-16(4-2)9-10/h3,5,7-9H,1,4,6H2,2H3,(H,12,14). The van der Waals surface area contributed by atoms with Gasteiger partial charge in [0.2, 0.25) is 5.95 Å². The van der Waals surface area contributed by atoms with E-state index < -0.39 is 0 Å². The summed E-state index contributed by atoms with van der Waals surface area (Å²) in [6.07, 6.45) is 9.25. The number of aryl methyl sites for hydroxylation is 1. The third kappa shape index (κ3) is 2.13. The smallest absolute Gasteiger partial charge is 0.207 e. The summed E-state index contributed by atoms with van der Waals surface area (Å²) in [6.45, 7) is 7.36. The summed E-state index contributed by atoms with van der Waals surface area (Å²) in [5.41, 5.74) is 0.943. The Morgan fingerprint density at radius 2 is 2.44 bits per heavy atom. The highest BCUT2D eigenvalue weighted by Gasteiger charge is 2.03. The number of rotatable bonds is 5. The van der Waals surface area contributed by atoms with E-state index in [1.807, 2.05) is 27.7 Å². The van der Waals surface area contributed by atoms with Crippen molar-refractivity contribution in [3.05, 3.63) is 37.4 Å². The van der Waals surface area contributed by atoms with Crippen LogP contribution in [0.4, 0.5) is 11.6 Å². The molecule has 0 spiro atoms. The van der Waals surface area contributed by atoms with Gasteiger partial charge in [-0.25, -0.2) is 4.98 Å². The fraction of sp³-hybridized carbons (Fsp3) is 0.273. The first-order valence-corrected chi connectivity index (χ1v) is 5.25. The molecule has 0 atom stereocenters. The fourth-order valence-electron chi connectivity index (χ4n) is 1.45. The summed E-state index contributed by atoms with van der Waals surface area (Å²) in [7, 11) is 0. The molecular weight excluding hydrogens is 202 g/mol. The number of nitrogens with zero attached hydrogens (tertiary/aromatic N) is 4. The third-order valence-electron chi connectivity index (χ3n) is 2.25. The monoisotopic (exact) mass is 217 g/mol. The zero-order chi connectivity index (χ0) is 11.4. The number of nitrogens with one attached hydrogen (secondary N) is 1. The highest BCUT2D eigenvalue weighted by molar-refractivity contribution is 5.50. The minimum atomic E-state index is 0.740. The van der Waals surface area contributed by atoms with Gasteiger partial charge in [0.25, 0.3) is 0 Å². The zero-order valence-electron chi connectivity index (χ0n) is 9.30. The molecule has 2 rings (SSSR count). The topological polar surface area (TPSA) is 47.7 Å². The number of hydrogen-bond donors (Lipinski definition) is 1. The van der Waals surface area contributed by atoms with E-state index in [1.165, 1.54) is 0 Å².